The molecule has 3 rings (SSSR count). The molecule has 0 bridgehead atoms. The van der Waals surface area contributed by atoms with E-state index in [0.29, 0.717) is 11.6 Å². The summed E-state index contributed by atoms with van der Waals surface area (Å²) in [4.78, 5) is 2.57. The smallest absolute Gasteiger partial charge is 0.133 e. The van der Waals surface area contributed by atoms with Gasteiger partial charge in [-0.15, -0.1) is 0 Å². The van der Waals surface area contributed by atoms with Crippen molar-refractivity contribution in [3.8, 4) is 0 Å². The van der Waals surface area contributed by atoms with Crippen molar-refractivity contribution in [1.82, 2.24) is 15.4 Å². The van der Waals surface area contributed by atoms with E-state index in [-0.39, 0.29) is 0 Å². The summed E-state index contributed by atoms with van der Waals surface area (Å²) in [6.07, 6.45) is 6.81. The third kappa shape index (κ3) is 2.84. The van der Waals surface area contributed by atoms with E-state index < -0.39 is 0 Å². The van der Waals surface area contributed by atoms with Gasteiger partial charge in [-0.25, -0.2) is 0 Å². The van der Waals surface area contributed by atoms with Crippen LogP contribution in [0.5, 0.6) is 0 Å². The SMILES string of the molecule is Cc1cc(CN2CC3(CCCCC3)NCC2C)no1. The maximum Gasteiger partial charge on any atom is 0.133 e. The molecule has 1 aliphatic heterocycles. The highest BCUT2D eigenvalue weighted by atomic mass is 16.5. The minimum Gasteiger partial charge on any atom is -0.361 e. The molecule has 2 fully saturated rings. The maximum atomic E-state index is 5.19. The fourth-order valence-corrected chi connectivity index (χ4v) is 3.57. The van der Waals surface area contributed by atoms with E-state index in [1.54, 1.807) is 0 Å². The van der Waals surface area contributed by atoms with Crippen LogP contribution in [0.25, 0.3) is 0 Å². The Bertz CT molecular complexity index is 423. The summed E-state index contributed by atoms with van der Waals surface area (Å²) in [5.74, 6) is 0.908. The molecular weight excluding hydrogens is 238 g/mol. The van der Waals surface area contributed by atoms with Crippen molar-refractivity contribution in [2.75, 3.05) is 13.1 Å². The molecule has 1 aliphatic carbocycles. The van der Waals surface area contributed by atoms with E-state index in [9.17, 15) is 0 Å². The molecule has 0 radical (unpaired) electrons. The zero-order chi connectivity index (χ0) is 13.3. The topological polar surface area (TPSA) is 41.3 Å². The first-order valence-corrected chi connectivity index (χ1v) is 7.58. The van der Waals surface area contributed by atoms with Gasteiger partial charge in [-0.05, 0) is 26.7 Å². The first-order valence-electron chi connectivity index (χ1n) is 7.58. The van der Waals surface area contributed by atoms with Crippen LogP contribution in [0.2, 0.25) is 0 Å². The Morgan fingerprint density at radius 3 is 2.89 bits per heavy atom. The van der Waals surface area contributed by atoms with Crippen molar-refractivity contribution in [3.05, 3.63) is 17.5 Å². The third-order valence-electron chi connectivity index (χ3n) is 4.75. The number of nitrogens with one attached hydrogen (secondary N) is 1. The molecule has 106 valence electrons. The van der Waals surface area contributed by atoms with Gasteiger partial charge in [0.05, 0.1) is 5.69 Å². The van der Waals surface area contributed by atoms with Crippen molar-refractivity contribution in [3.63, 3.8) is 0 Å². The highest BCUT2D eigenvalue weighted by molar-refractivity contribution is 5.06. The van der Waals surface area contributed by atoms with Crippen molar-refractivity contribution >= 4 is 0 Å². The summed E-state index contributed by atoms with van der Waals surface area (Å²) in [7, 11) is 0. The second-order valence-electron chi connectivity index (χ2n) is 6.40. The Morgan fingerprint density at radius 1 is 1.42 bits per heavy atom. The standard InChI is InChI=1S/C15H25N3O/c1-12-9-16-15(6-4-3-5-7-15)11-18(12)10-14-8-13(2)19-17-14/h8,12,16H,3-7,9-11H2,1-2H3. The van der Waals surface area contributed by atoms with Gasteiger partial charge in [0, 0.05) is 37.3 Å². The summed E-state index contributed by atoms with van der Waals surface area (Å²) in [6, 6.07) is 2.63. The van der Waals surface area contributed by atoms with Crippen LogP contribution in [-0.2, 0) is 6.54 Å². The van der Waals surface area contributed by atoms with Gasteiger partial charge in [-0.3, -0.25) is 4.90 Å². The number of aromatic nitrogens is 1. The third-order valence-corrected chi connectivity index (χ3v) is 4.75. The van der Waals surface area contributed by atoms with Gasteiger partial charge in [0.25, 0.3) is 0 Å². The van der Waals surface area contributed by atoms with Crippen LogP contribution in [0.3, 0.4) is 0 Å². The Morgan fingerprint density at radius 2 is 2.21 bits per heavy atom. The van der Waals surface area contributed by atoms with Gasteiger partial charge < -0.3 is 9.84 Å². The number of piperazine rings is 1. The van der Waals surface area contributed by atoms with E-state index in [0.717, 1.165) is 31.1 Å². The van der Waals surface area contributed by atoms with Gasteiger partial charge in [0.2, 0.25) is 0 Å². The molecule has 1 N–H and O–H groups in total. The molecule has 19 heavy (non-hydrogen) atoms. The van der Waals surface area contributed by atoms with Gasteiger partial charge in [-0.2, -0.15) is 0 Å². The zero-order valence-corrected chi connectivity index (χ0v) is 12.1. The molecule has 1 aromatic rings. The van der Waals surface area contributed by atoms with Crippen LogP contribution >= 0.6 is 0 Å². The number of aryl methyl sites for hydroxylation is 1. The monoisotopic (exact) mass is 263 g/mol. The second-order valence-corrected chi connectivity index (χ2v) is 6.40. The van der Waals surface area contributed by atoms with E-state index >= 15 is 0 Å². The molecule has 4 nitrogen and oxygen atoms in total. The highest BCUT2D eigenvalue weighted by Crippen LogP contribution is 2.32. The normalized spacial score (nSPS) is 27.8. The molecule has 4 heteroatoms. The van der Waals surface area contributed by atoms with Crippen molar-refractivity contribution in [2.45, 2.75) is 64.1 Å². The molecule has 1 spiro atoms. The summed E-state index contributed by atoms with van der Waals surface area (Å²) in [5.41, 5.74) is 1.43. The maximum absolute atomic E-state index is 5.19. The minimum absolute atomic E-state index is 0.365. The van der Waals surface area contributed by atoms with Crippen LogP contribution in [-0.4, -0.2) is 34.7 Å². The summed E-state index contributed by atoms with van der Waals surface area (Å²) >= 11 is 0. The molecular formula is C15H25N3O. The molecule has 1 aromatic heterocycles. The molecule has 2 aliphatic rings. The fraction of sp³-hybridized carbons (Fsp3) is 0.800. The van der Waals surface area contributed by atoms with Crippen molar-refractivity contribution in [1.29, 1.82) is 0 Å². The first kappa shape index (κ1) is 13.1. The molecule has 1 saturated heterocycles. The Labute approximate surface area is 115 Å². The molecule has 2 heterocycles. The van der Waals surface area contributed by atoms with Crippen LogP contribution in [0.1, 0.15) is 50.5 Å². The van der Waals surface area contributed by atoms with Crippen LogP contribution < -0.4 is 5.32 Å². The highest BCUT2D eigenvalue weighted by Gasteiger charge is 2.38. The lowest BCUT2D eigenvalue weighted by Gasteiger charge is -2.48. The Balaban J connectivity index is 1.68. The molecule has 1 saturated carbocycles. The number of rotatable bonds is 2. The van der Waals surface area contributed by atoms with E-state index in [1.807, 2.05) is 6.92 Å². The van der Waals surface area contributed by atoms with Gasteiger partial charge in [-0.1, -0.05) is 24.4 Å². The Kier molecular flexibility index (Phi) is 3.63. The lowest BCUT2D eigenvalue weighted by Crippen LogP contribution is -2.63. The van der Waals surface area contributed by atoms with Gasteiger partial charge in [0.15, 0.2) is 0 Å². The molecule has 0 amide bonds. The van der Waals surface area contributed by atoms with Gasteiger partial charge >= 0.3 is 0 Å². The van der Waals surface area contributed by atoms with Crippen LogP contribution in [0, 0.1) is 6.92 Å². The summed E-state index contributed by atoms with van der Waals surface area (Å²) in [5, 5.41) is 7.96. The second kappa shape index (κ2) is 5.25. The number of hydrogen-bond acceptors (Lipinski definition) is 4. The van der Waals surface area contributed by atoms with Gasteiger partial charge in [0.1, 0.15) is 5.76 Å². The lowest BCUT2D eigenvalue weighted by molar-refractivity contribution is 0.0557. The summed E-state index contributed by atoms with van der Waals surface area (Å²) < 4.78 is 5.19. The largest absolute Gasteiger partial charge is 0.361 e. The van der Waals surface area contributed by atoms with E-state index in [4.69, 9.17) is 4.52 Å². The van der Waals surface area contributed by atoms with Crippen molar-refractivity contribution in [2.24, 2.45) is 0 Å². The van der Waals surface area contributed by atoms with Crippen LogP contribution in [0.4, 0.5) is 0 Å². The number of nitrogens with zero attached hydrogens (tertiary/aromatic N) is 2. The average Bonchev–Trinajstić information content (AvgIpc) is 2.81. The molecule has 1 atom stereocenters. The quantitative estimate of drug-likeness (QED) is 0.890. The minimum atomic E-state index is 0.365. The summed E-state index contributed by atoms with van der Waals surface area (Å²) in [6.45, 7) is 7.43. The average molecular weight is 263 g/mol. The van der Waals surface area contributed by atoms with Crippen LogP contribution in [0.15, 0.2) is 10.6 Å². The predicted octanol–water partition coefficient (Wildman–Crippen LogP) is 2.48. The van der Waals surface area contributed by atoms with Crippen molar-refractivity contribution < 1.29 is 4.52 Å². The fourth-order valence-electron chi connectivity index (χ4n) is 3.57. The lowest BCUT2D eigenvalue weighted by atomic mass is 9.79. The predicted molar refractivity (Wildman–Crippen MR) is 74.9 cm³/mol. The molecule has 0 aromatic carbocycles. The van der Waals surface area contributed by atoms with E-state index in [2.05, 4.69) is 28.4 Å². The number of hydrogen-bond donors (Lipinski definition) is 1. The Hall–Kier alpha value is -0.870. The zero-order valence-electron chi connectivity index (χ0n) is 12.1. The molecule has 1 unspecified atom stereocenters. The van der Waals surface area contributed by atoms with E-state index in [1.165, 1.54) is 32.1 Å². The first-order chi connectivity index (χ1) is 9.17.